The molecule has 1 aliphatic rings. The molecule has 1 amide bonds. The molecule has 26 heavy (non-hydrogen) atoms. The number of anilines is 2. The predicted octanol–water partition coefficient (Wildman–Crippen LogP) is 4.06. The van der Waals surface area contributed by atoms with E-state index in [2.05, 4.69) is 11.4 Å². The number of fused-ring (bicyclic) bond motifs is 1. The lowest BCUT2D eigenvalue weighted by Crippen LogP contribution is -2.26. The summed E-state index contributed by atoms with van der Waals surface area (Å²) in [6, 6.07) is 11.5. The van der Waals surface area contributed by atoms with Crippen LogP contribution in [0.25, 0.3) is 11.1 Å². The van der Waals surface area contributed by atoms with Crippen molar-refractivity contribution in [2.24, 2.45) is 0 Å². The third-order valence-electron chi connectivity index (χ3n) is 4.60. The first-order valence-electron chi connectivity index (χ1n) is 8.23. The van der Waals surface area contributed by atoms with Crippen LogP contribution in [0.2, 0.25) is 5.02 Å². The zero-order valence-corrected chi connectivity index (χ0v) is 15.4. The predicted molar refractivity (Wildman–Crippen MR) is 105 cm³/mol. The third-order valence-corrected chi connectivity index (χ3v) is 4.91. The molecular weight excluding hydrogens is 348 g/mol. The van der Waals surface area contributed by atoms with Crippen molar-refractivity contribution in [1.29, 1.82) is 5.26 Å². The fourth-order valence-electron chi connectivity index (χ4n) is 3.18. The monoisotopic (exact) mass is 366 g/mol. The number of hydrogen-bond donors (Lipinski definition) is 2. The van der Waals surface area contributed by atoms with Gasteiger partial charge in [-0.2, -0.15) is 5.26 Å². The molecule has 1 aliphatic heterocycles. The van der Waals surface area contributed by atoms with Crippen LogP contribution in [0.3, 0.4) is 0 Å². The van der Waals surface area contributed by atoms with Gasteiger partial charge in [-0.3, -0.25) is 4.79 Å². The molecule has 0 fully saturated rings. The minimum atomic E-state index is -0.146. The Hall–Kier alpha value is -2.97. The molecule has 132 valence electrons. The molecule has 0 spiro atoms. The summed E-state index contributed by atoms with van der Waals surface area (Å²) in [7, 11) is 1.81. The maximum absolute atomic E-state index is 12.8. The highest BCUT2D eigenvalue weighted by molar-refractivity contribution is 6.33. The van der Waals surface area contributed by atoms with Crippen LogP contribution in [0.5, 0.6) is 0 Å². The van der Waals surface area contributed by atoms with E-state index < -0.39 is 0 Å². The van der Waals surface area contributed by atoms with Gasteiger partial charge >= 0.3 is 0 Å². The maximum Gasteiger partial charge on any atom is 0.256 e. The summed E-state index contributed by atoms with van der Waals surface area (Å²) in [6.45, 7) is 2.48. The van der Waals surface area contributed by atoms with E-state index in [-0.39, 0.29) is 12.5 Å². The van der Waals surface area contributed by atoms with Crippen LogP contribution in [0, 0.1) is 11.3 Å². The van der Waals surface area contributed by atoms with E-state index in [0.29, 0.717) is 28.4 Å². The number of amides is 1. The van der Waals surface area contributed by atoms with E-state index in [4.69, 9.17) is 22.6 Å². The largest absolute Gasteiger partial charge is 0.398 e. The molecule has 0 atom stereocenters. The van der Waals surface area contributed by atoms with Gasteiger partial charge in [0.15, 0.2) is 0 Å². The zero-order valence-electron chi connectivity index (χ0n) is 14.6. The summed E-state index contributed by atoms with van der Waals surface area (Å²) in [4.78, 5) is 14.5. The van der Waals surface area contributed by atoms with Crippen molar-refractivity contribution in [1.82, 2.24) is 4.90 Å². The fourth-order valence-corrected chi connectivity index (χ4v) is 3.46. The average molecular weight is 367 g/mol. The van der Waals surface area contributed by atoms with Crippen LogP contribution in [0.15, 0.2) is 42.0 Å². The SMILES string of the molecule is C/C=C(\C#N)CN1Cc2c(-c3ccc(NC)c(Cl)c3)ccc(N)c2C1=O. The highest BCUT2D eigenvalue weighted by atomic mass is 35.5. The topological polar surface area (TPSA) is 82.2 Å². The summed E-state index contributed by atoms with van der Waals surface area (Å²) in [5, 5.41) is 12.8. The van der Waals surface area contributed by atoms with E-state index in [9.17, 15) is 4.79 Å². The number of nitrogens with two attached hydrogens (primary N) is 1. The first-order chi connectivity index (χ1) is 12.5. The molecule has 0 unspecified atom stereocenters. The van der Waals surface area contributed by atoms with E-state index in [1.54, 1.807) is 24.0 Å². The molecular formula is C20H19ClN4O. The summed E-state index contributed by atoms with van der Waals surface area (Å²) >= 11 is 6.32. The molecule has 0 aromatic heterocycles. The van der Waals surface area contributed by atoms with E-state index in [1.807, 2.05) is 31.3 Å². The number of carbonyl (C=O) groups is 1. The Balaban J connectivity index is 2.05. The number of nitrogens with zero attached hydrogens (tertiary/aromatic N) is 2. The first kappa shape index (κ1) is 17.8. The number of allylic oxidation sites excluding steroid dienone is 1. The molecule has 2 aromatic carbocycles. The Kier molecular flexibility index (Phi) is 4.88. The molecule has 6 heteroatoms. The second kappa shape index (κ2) is 7.11. The summed E-state index contributed by atoms with van der Waals surface area (Å²) in [5.74, 6) is -0.146. The summed E-state index contributed by atoms with van der Waals surface area (Å²) in [6.07, 6.45) is 1.72. The lowest BCUT2D eigenvalue weighted by Gasteiger charge is -2.15. The normalized spacial score (nSPS) is 13.5. The van der Waals surface area contributed by atoms with Crippen LogP contribution < -0.4 is 11.1 Å². The minimum absolute atomic E-state index is 0.146. The smallest absolute Gasteiger partial charge is 0.256 e. The van der Waals surface area contributed by atoms with Crippen molar-refractivity contribution in [3.63, 3.8) is 0 Å². The Morgan fingerprint density at radius 3 is 2.81 bits per heavy atom. The lowest BCUT2D eigenvalue weighted by atomic mass is 9.95. The van der Waals surface area contributed by atoms with Crippen molar-refractivity contribution in [3.8, 4) is 17.2 Å². The second-order valence-corrected chi connectivity index (χ2v) is 6.49. The molecule has 0 bridgehead atoms. The highest BCUT2D eigenvalue weighted by Gasteiger charge is 2.32. The molecule has 3 N–H and O–H groups in total. The van der Waals surface area contributed by atoms with Gasteiger partial charge in [-0.15, -0.1) is 0 Å². The number of nitriles is 1. The maximum atomic E-state index is 12.8. The van der Waals surface area contributed by atoms with E-state index >= 15 is 0 Å². The molecule has 0 aliphatic carbocycles. The van der Waals surface area contributed by atoms with Gasteiger partial charge in [0.1, 0.15) is 0 Å². The number of nitrogens with one attached hydrogen (secondary N) is 1. The number of rotatable bonds is 4. The zero-order chi connectivity index (χ0) is 18.8. The molecule has 0 saturated heterocycles. The van der Waals surface area contributed by atoms with Crippen molar-refractivity contribution in [2.75, 3.05) is 24.6 Å². The summed E-state index contributed by atoms with van der Waals surface area (Å²) < 4.78 is 0. The average Bonchev–Trinajstić information content (AvgIpc) is 2.97. The molecule has 0 radical (unpaired) electrons. The fraction of sp³-hybridized carbons (Fsp3) is 0.200. The molecule has 1 heterocycles. The minimum Gasteiger partial charge on any atom is -0.398 e. The molecule has 2 aromatic rings. The van der Waals surface area contributed by atoms with Crippen molar-refractivity contribution < 1.29 is 4.79 Å². The van der Waals surface area contributed by atoms with Crippen molar-refractivity contribution >= 4 is 28.9 Å². The standard InChI is InChI=1S/C20H19ClN4O/c1-3-12(9-22)10-25-11-15-14(5-6-17(23)19(15)20(25)26)13-4-7-18(24-2)16(21)8-13/h3-8,24H,10-11,23H2,1-2H3/b12-3+. The highest BCUT2D eigenvalue weighted by Crippen LogP contribution is 2.38. The number of carbonyl (C=O) groups excluding carboxylic acids is 1. The Labute approximate surface area is 157 Å². The Morgan fingerprint density at radius 2 is 2.19 bits per heavy atom. The Morgan fingerprint density at radius 1 is 1.42 bits per heavy atom. The number of benzene rings is 2. The Bertz CT molecular complexity index is 959. The number of hydrogen-bond acceptors (Lipinski definition) is 4. The molecule has 5 nitrogen and oxygen atoms in total. The number of nitrogen functional groups attached to an aromatic ring is 1. The van der Waals surface area contributed by atoms with Gasteiger partial charge in [-0.1, -0.05) is 29.8 Å². The van der Waals surface area contributed by atoms with Gasteiger partial charge in [0.25, 0.3) is 5.91 Å². The quantitative estimate of drug-likeness (QED) is 0.631. The first-order valence-corrected chi connectivity index (χ1v) is 8.61. The van der Waals surface area contributed by atoms with Gasteiger partial charge in [0, 0.05) is 24.9 Å². The molecule has 0 saturated carbocycles. The van der Waals surface area contributed by atoms with Gasteiger partial charge < -0.3 is 16.0 Å². The van der Waals surface area contributed by atoms with Gasteiger partial charge in [-0.05, 0) is 41.8 Å². The van der Waals surface area contributed by atoms with E-state index in [0.717, 1.165) is 22.4 Å². The van der Waals surface area contributed by atoms with E-state index in [1.165, 1.54) is 0 Å². The van der Waals surface area contributed by atoms with Crippen LogP contribution in [0.4, 0.5) is 11.4 Å². The van der Waals surface area contributed by atoms with Crippen LogP contribution in [0.1, 0.15) is 22.8 Å². The number of halogens is 1. The van der Waals surface area contributed by atoms with Crippen LogP contribution in [-0.4, -0.2) is 24.4 Å². The van der Waals surface area contributed by atoms with Crippen LogP contribution in [-0.2, 0) is 6.54 Å². The van der Waals surface area contributed by atoms with Crippen molar-refractivity contribution in [3.05, 3.63) is 58.1 Å². The van der Waals surface area contributed by atoms with Crippen molar-refractivity contribution in [2.45, 2.75) is 13.5 Å². The van der Waals surface area contributed by atoms with Crippen LogP contribution >= 0.6 is 11.6 Å². The van der Waals surface area contributed by atoms with Gasteiger partial charge in [-0.25, -0.2) is 0 Å². The second-order valence-electron chi connectivity index (χ2n) is 6.09. The van der Waals surface area contributed by atoms with Gasteiger partial charge in [0.2, 0.25) is 0 Å². The third kappa shape index (κ3) is 3.00. The lowest BCUT2D eigenvalue weighted by molar-refractivity contribution is 0.0794. The summed E-state index contributed by atoms with van der Waals surface area (Å²) in [5.41, 5.74) is 11.2. The molecule has 3 rings (SSSR count). The van der Waals surface area contributed by atoms with Gasteiger partial charge in [0.05, 0.1) is 28.9 Å².